The van der Waals surface area contributed by atoms with Gasteiger partial charge in [-0.05, 0) is 18.6 Å². The first-order valence-corrected chi connectivity index (χ1v) is 6.37. The van der Waals surface area contributed by atoms with Crippen LogP contribution in [0.1, 0.15) is 33.6 Å². The lowest BCUT2D eigenvalue weighted by molar-refractivity contribution is -0.144. The van der Waals surface area contributed by atoms with E-state index in [0.717, 1.165) is 4.90 Å². The van der Waals surface area contributed by atoms with Crippen LogP contribution < -0.4 is 0 Å². The second kappa shape index (κ2) is 6.29. The van der Waals surface area contributed by atoms with Gasteiger partial charge in [0.05, 0.1) is 17.7 Å². The lowest BCUT2D eigenvalue weighted by Gasteiger charge is -2.13. The Kier molecular flexibility index (Phi) is 4.47. The van der Waals surface area contributed by atoms with Gasteiger partial charge in [-0.15, -0.1) is 0 Å². The number of fused-ring (bicyclic) bond motifs is 1. The Bertz CT molecular complexity index is 505. The van der Waals surface area contributed by atoms with E-state index in [-0.39, 0.29) is 38.0 Å². The minimum atomic E-state index is -0.448. The topological polar surface area (TPSA) is 83.9 Å². The molecule has 1 heterocycles. The number of aliphatic hydroxyl groups excluding tert-OH is 1. The molecule has 1 aliphatic rings. The van der Waals surface area contributed by atoms with E-state index in [1.807, 2.05) is 0 Å². The normalized spacial score (nSPS) is 13.6. The van der Waals surface area contributed by atoms with E-state index in [4.69, 9.17) is 9.84 Å². The maximum atomic E-state index is 12.0. The Morgan fingerprint density at radius 2 is 1.75 bits per heavy atom. The summed E-state index contributed by atoms with van der Waals surface area (Å²) < 4.78 is 4.69. The second-order valence-corrected chi connectivity index (χ2v) is 4.36. The SMILES string of the molecule is O=C(CCCN1C(=O)c2ccccc2C1=O)OCCO. The Morgan fingerprint density at radius 1 is 1.15 bits per heavy atom. The van der Waals surface area contributed by atoms with Crippen LogP contribution in [0.5, 0.6) is 0 Å². The molecule has 6 heteroatoms. The summed E-state index contributed by atoms with van der Waals surface area (Å²) in [5.74, 6) is -1.10. The van der Waals surface area contributed by atoms with Gasteiger partial charge >= 0.3 is 5.97 Å². The van der Waals surface area contributed by atoms with Gasteiger partial charge in [-0.2, -0.15) is 0 Å². The van der Waals surface area contributed by atoms with E-state index in [9.17, 15) is 14.4 Å². The van der Waals surface area contributed by atoms with Crippen molar-refractivity contribution in [3.05, 3.63) is 35.4 Å². The number of rotatable bonds is 6. The number of hydrogen-bond acceptors (Lipinski definition) is 5. The van der Waals surface area contributed by atoms with Crippen molar-refractivity contribution in [1.29, 1.82) is 0 Å². The molecular weight excluding hydrogens is 262 g/mol. The van der Waals surface area contributed by atoms with Gasteiger partial charge in [0, 0.05) is 13.0 Å². The minimum absolute atomic E-state index is 0.0359. The van der Waals surface area contributed by atoms with Gasteiger partial charge in [0.1, 0.15) is 6.61 Å². The summed E-state index contributed by atoms with van der Waals surface area (Å²) in [6.07, 6.45) is 0.448. The summed E-state index contributed by atoms with van der Waals surface area (Å²) >= 11 is 0. The monoisotopic (exact) mass is 277 g/mol. The van der Waals surface area contributed by atoms with Gasteiger partial charge in [-0.25, -0.2) is 0 Å². The third-order valence-electron chi connectivity index (χ3n) is 3.00. The van der Waals surface area contributed by atoms with Crippen LogP contribution in [0, 0.1) is 0 Å². The zero-order chi connectivity index (χ0) is 14.5. The zero-order valence-corrected chi connectivity index (χ0v) is 10.9. The average Bonchev–Trinajstić information content (AvgIpc) is 2.70. The first kappa shape index (κ1) is 14.2. The maximum Gasteiger partial charge on any atom is 0.305 e. The highest BCUT2D eigenvalue weighted by atomic mass is 16.5. The molecule has 0 fully saturated rings. The van der Waals surface area contributed by atoms with E-state index in [2.05, 4.69) is 0 Å². The fraction of sp³-hybridized carbons (Fsp3) is 0.357. The van der Waals surface area contributed by atoms with E-state index in [1.54, 1.807) is 24.3 Å². The van der Waals surface area contributed by atoms with Crippen molar-refractivity contribution in [1.82, 2.24) is 4.90 Å². The number of ether oxygens (including phenoxy) is 1. The molecule has 2 amide bonds. The van der Waals surface area contributed by atoms with Crippen molar-refractivity contribution in [3.63, 3.8) is 0 Å². The summed E-state index contributed by atoms with van der Waals surface area (Å²) in [6, 6.07) is 6.65. The fourth-order valence-corrected chi connectivity index (χ4v) is 2.06. The Morgan fingerprint density at radius 3 is 2.30 bits per heavy atom. The second-order valence-electron chi connectivity index (χ2n) is 4.36. The highest BCUT2D eigenvalue weighted by Gasteiger charge is 2.34. The van der Waals surface area contributed by atoms with Gasteiger partial charge in [0.25, 0.3) is 11.8 Å². The zero-order valence-electron chi connectivity index (χ0n) is 10.9. The molecule has 0 bridgehead atoms. The molecule has 1 N–H and O–H groups in total. The molecule has 20 heavy (non-hydrogen) atoms. The van der Waals surface area contributed by atoms with Crippen LogP contribution in [-0.2, 0) is 9.53 Å². The van der Waals surface area contributed by atoms with Crippen molar-refractivity contribution in [2.45, 2.75) is 12.8 Å². The molecular formula is C14H15NO5. The molecule has 0 saturated carbocycles. The molecule has 2 rings (SSSR count). The standard InChI is InChI=1S/C14H15NO5/c16-8-9-20-12(17)6-3-7-15-13(18)10-4-1-2-5-11(10)14(15)19/h1-2,4-5,16H,3,6-9H2. The molecule has 0 saturated heterocycles. The average molecular weight is 277 g/mol. The number of benzene rings is 1. The number of imide groups is 1. The van der Waals surface area contributed by atoms with Gasteiger partial charge in [-0.3, -0.25) is 19.3 Å². The quantitative estimate of drug-likeness (QED) is 0.608. The molecule has 0 aliphatic carbocycles. The number of carbonyl (C=O) groups excluding carboxylic acids is 3. The number of carbonyl (C=O) groups is 3. The van der Waals surface area contributed by atoms with Crippen LogP contribution >= 0.6 is 0 Å². The summed E-state index contributed by atoms with van der Waals surface area (Å²) in [5.41, 5.74) is 0.806. The summed E-state index contributed by atoms with van der Waals surface area (Å²) in [4.78, 5) is 36.4. The summed E-state index contributed by atoms with van der Waals surface area (Å²) in [5, 5.41) is 8.51. The largest absolute Gasteiger partial charge is 0.463 e. The Labute approximate surface area is 115 Å². The molecule has 0 unspecified atom stereocenters. The summed E-state index contributed by atoms with van der Waals surface area (Å²) in [6.45, 7) is -0.0728. The highest BCUT2D eigenvalue weighted by Crippen LogP contribution is 2.22. The molecule has 1 aromatic rings. The van der Waals surface area contributed by atoms with Crippen LogP contribution in [0.3, 0.4) is 0 Å². The lowest BCUT2D eigenvalue weighted by atomic mass is 10.1. The van der Waals surface area contributed by atoms with Crippen molar-refractivity contribution >= 4 is 17.8 Å². The molecule has 6 nitrogen and oxygen atoms in total. The first-order chi connectivity index (χ1) is 9.65. The van der Waals surface area contributed by atoms with Crippen LogP contribution in [0.4, 0.5) is 0 Å². The molecule has 1 aliphatic heterocycles. The number of aliphatic hydroxyl groups is 1. The van der Waals surface area contributed by atoms with Gasteiger partial charge in [-0.1, -0.05) is 12.1 Å². The van der Waals surface area contributed by atoms with Gasteiger partial charge < -0.3 is 9.84 Å². The Balaban J connectivity index is 1.88. The first-order valence-electron chi connectivity index (χ1n) is 6.37. The van der Waals surface area contributed by atoms with E-state index >= 15 is 0 Å². The third kappa shape index (κ3) is 2.85. The van der Waals surface area contributed by atoms with Crippen molar-refractivity contribution in [2.75, 3.05) is 19.8 Å². The fourth-order valence-electron chi connectivity index (χ4n) is 2.06. The van der Waals surface area contributed by atoms with Crippen molar-refractivity contribution < 1.29 is 24.2 Å². The van der Waals surface area contributed by atoms with E-state index < -0.39 is 5.97 Å². The molecule has 0 spiro atoms. The maximum absolute atomic E-state index is 12.0. The molecule has 0 radical (unpaired) electrons. The van der Waals surface area contributed by atoms with E-state index in [1.165, 1.54) is 0 Å². The minimum Gasteiger partial charge on any atom is -0.463 e. The predicted octanol–water partition coefficient (Wildman–Crippen LogP) is 0.598. The van der Waals surface area contributed by atoms with E-state index in [0.29, 0.717) is 17.5 Å². The smallest absolute Gasteiger partial charge is 0.305 e. The van der Waals surface area contributed by atoms with Crippen LogP contribution in [0.25, 0.3) is 0 Å². The number of hydrogen-bond donors (Lipinski definition) is 1. The predicted molar refractivity (Wildman–Crippen MR) is 69.1 cm³/mol. The Hall–Kier alpha value is -2.21. The van der Waals surface area contributed by atoms with Gasteiger partial charge in [0.2, 0.25) is 0 Å². The lowest BCUT2D eigenvalue weighted by Crippen LogP contribution is -2.31. The molecule has 106 valence electrons. The number of amides is 2. The third-order valence-corrected chi connectivity index (χ3v) is 3.00. The molecule has 0 aromatic heterocycles. The summed E-state index contributed by atoms with van der Waals surface area (Å²) in [7, 11) is 0. The molecule has 1 aromatic carbocycles. The van der Waals surface area contributed by atoms with Crippen molar-refractivity contribution in [3.8, 4) is 0 Å². The van der Waals surface area contributed by atoms with Crippen LogP contribution in [0.2, 0.25) is 0 Å². The number of esters is 1. The van der Waals surface area contributed by atoms with Crippen LogP contribution in [0.15, 0.2) is 24.3 Å². The number of nitrogens with zero attached hydrogens (tertiary/aromatic N) is 1. The van der Waals surface area contributed by atoms with Crippen molar-refractivity contribution in [2.24, 2.45) is 0 Å². The van der Waals surface area contributed by atoms with Gasteiger partial charge in [0.15, 0.2) is 0 Å². The van der Waals surface area contributed by atoms with Crippen LogP contribution in [-0.4, -0.2) is 47.5 Å². The highest BCUT2D eigenvalue weighted by molar-refractivity contribution is 6.21. The molecule has 0 atom stereocenters.